The number of carbonyl (C=O) groups excluding carboxylic acids is 2. The number of thioether (sulfide) groups is 1. The smallest absolute Gasteiger partial charge is 0.337 e. The lowest BCUT2D eigenvalue weighted by atomic mass is 10.1. The Balaban J connectivity index is 2.18. The molecule has 0 saturated carbocycles. The fraction of sp³-hybridized carbons (Fsp3) is 0.333. The van der Waals surface area contributed by atoms with Gasteiger partial charge in [0.1, 0.15) is 0 Å². The molecule has 0 spiro atoms. The molecular weight excluding hydrogens is 324 g/mol. The van der Waals surface area contributed by atoms with Crippen LogP contribution in [0, 0.1) is 0 Å². The van der Waals surface area contributed by atoms with Crippen molar-refractivity contribution in [2.45, 2.75) is 24.8 Å². The summed E-state index contributed by atoms with van der Waals surface area (Å²) in [5, 5.41) is 6.03. The molecule has 0 bridgehead atoms. The molecule has 0 unspecified atom stereocenters. The van der Waals surface area contributed by atoms with E-state index in [9.17, 15) is 9.59 Å². The number of amides is 2. The lowest BCUT2D eigenvalue weighted by Crippen LogP contribution is -2.49. The van der Waals surface area contributed by atoms with Gasteiger partial charge >= 0.3 is 12.0 Å². The van der Waals surface area contributed by atoms with Crippen LogP contribution in [0.1, 0.15) is 13.8 Å². The third-order valence-corrected chi connectivity index (χ3v) is 4.35. The maximum Gasteiger partial charge on any atom is 0.337 e. The minimum absolute atomic E-state index is 0.292. The van der Waals surface area contributed by atoms with E-state index in [1.54, 1.807) is 26.0 Å². The summed E-state index contributed by atoms with van der Waals surface area (Å²) in [6.07, 6.45) is 0. The molecule has 1 aliphatic heterocycles. The first-order valence-corrected chi connectivity index (χ1v) is 8.23. The van der Waals surface area contributed by atoms with Gasteiger partial charge in [0.25, 0.3) is 0 Å². The minimum atomic E-state index is -0.408. The van der Waals surface area contributed by atoms with Gasteiger partial charge in [0.05, 0.1) is 18.2 Å². The molecule has 2 N–H and O–H groups in total. The first-order chi connectivity index (χ1) is 10.5. The number of rotatable bonds is 5. The van der Waals surface area contributed by atoms with Crippen molar-refractivity contribution in [3.8, 4) is 0 Å². The van der Waals surface area contributed by atoms with Crippen LogP contribution >= 0.6 is 23.4 Å². The van der Waals surface area contributed by atoms with E-state index < -0.39 is 5.97 Å². The highest BCUT2D eigenvalue weighted by Gasteiger charge is 2.29. The third kappa shape index (κ3) is 4.18. The van der Waals surface area contributed by atoms with E-state index in [0.29, 0.717) is 28.7 Å². The van der Waals surface area contributed by atoms with Gasteiger partial charge in [0.2, 0.25) is 0 Å². The number of nitrogens with one attached hydrogen (secondary N) is 2. The van der Waals surface area contributed by atoms with Gasteiger partial charge in [-0.05, 0) is 38.1 Å². The molecule has 0 fully saturated rings. The molecule has 1 aromatic rings. The Kier molecular flexibility index (Phi) is 5.74. The number of ether oxygens (including phenoxy) is 1. The lowest BCUT2D eigenvalue weighted by Gasteiger charge is -2.26. The minimum Gasteiger partial charge on any atom is -0.463 e. The highest BCUT2D eigenvalue weighted by atomic mass is 35.5. The average Bonchev–Trinajstić information content (AvgIpc) is 2.46. The zero-order valence-corrected chi connectivity index (χ0v) is 13.9. The molecule has 1 aliphatic rings. The number of hydrogen-bond acceptors (Lipinski definition) is 4. The van der Waals surface area contributed by atoms with Gasteiger partial charge in [0, 0.05) is 21.4 Å². The van der Waals surface area contributed by atoms with E-state index in [2.05, 4.69) is 10.6 Å². The Bertz CT molecular complexity index is 601. The Morgan fingerprint density at radius 2 is 2.05 bits per heavy atom. The molecule has 7 heteroatoms. The Hall–Kier alpha value is -1.66. The highest BCUT2D eigenvalue weighted by molar-refractivity contribution is 7.99. The van der Waals surface area contributed by atoms with E-state index >= 15 is 0 Å². The van der Waals surface area contributed by atoms with Crippen LogP contribution in [0.15, 0.2) is 40.4 Å². The van der Waals surface area contributed by atoms with Gasteiger partial charge in [-0.25, -0.2) is 9.59 Å². The summed E-state index contributed by atoms with van der Waals surface area (Å²) >= 11 is 7.37. The predicted molar refractivity (Wildman–Crippen MR) is 87.0 cm³/mol. The Morgan fingerprint density at radius 1 is 1.36 bits per heavy atom. The van der Waals surface area contributed by atoms with Gasteiger partial charge in [-0.1, -0.05) is 11.6 Å². The van der Waals surface area contributed by atoms with Gasteiger partial charge in [0.15, 0.2) is 0 Å². The number of carbonyl (C=O) groups is 2. The molecule has 1 atom stereocenters. The molecule has 0 saturated heterocycles. The monoisotopic (exact) mass is 340 g/mol. The summed E-state index contributed by atoms with van der Waals surface area (Å²) in [7, 11) is 0. The largest absolute Gasteiger partial charge is 0.463 e. The molecule has 1 heterocycles. The second-order valence-corrected chi connectivity index (χ2v) is 6.16. The summed E-state index contributed by atoms with van der Waals surface area (Å²) in [5.41, 5.74) is 1.04. The van der Waals surface area contributed by atoms with Crippen molar-refractivity contribution < 1.29 is 14.3 Å². The fourth-order valence-electron chi connectivity index (χ4n) is 2.08. The topological polar surface area (TPSA) is 67.4 Å². The van der Waals surface area contributed by atoms with Gasteiger partial charge in [-0.3, -0.25) is 0 Å². The second kappa shape index (κ2) is 7.56. The Labute approximate surface area is 138 Å². The second-order valence-electron chi connectivity index (χ2n) is 4.68. The zero-order valence-electron chi connectivity index (χ0n) is 12.3. The number of halogens is 1. The molecular formula is C15H17ClN2O3S. The van der Waals surface area contributed by atoms with Crippen molar-refractivity contribution in [1.29, 1.82) is 0 Å². The van der Waals surface area contributed by atoms with Crippen molar-refractivity contribution in [2.24, 2.45) is 0 Å². The summed E-state index contributed by atoms with van der Waals surface area (Å²) in [6, 6.07) is 6.69. The van der Waals surface area contributed by atoms with Crippen molar-refractivity contribution >= 4 is 35.4 Å². The molecule has 1 aromatic carbocycles. The van der Waals surface area contributed by atoms with Crippen LogP contribution in [0.3, 0.4) is 0 Å². The van der Waals surface area contributed by atoms with Crippen LogP contribution in [0.5, 0.6) is 0 Å². The maximum atomic E-state index is 12.1. The zero-order chi connectivity index (χ0) is 16.1. The molecule has 5 nitrogen and oxygen atoms in total. The van der Waals surface area contributed by atoms with Gasteiger partial charge < -0.3 is 15.4 Å². The van der Waals surface area contributed by atoms with Crippen LogP contribution in [0.25, 0.3) is 0 Å². The first-order valence-electron chi connectivity index (χ1n) is 6.87. The summed E-state index contributed by atoms with van der Waals surface area (Å²) in [4.78, 5) is 24.7. The van der Waals surface area contributed by atoms with E-state index in [1.165, 1.54) is 11.8 Å². The fourth-order valence-corrected chi connectivity index (χ4v) is 3.07. The first kappa shape index (κ1) is 16.7. The number of hydrogen-bond donors (Lipinski definition) is 2. The number of benzene rings is 1. The van der Waals surface area contributed by atoms with Gasteiger partial charge in [-0.2, -0.15) is 0 Å². The summed E-state index contributed by atoms with van der Waals surface area (Å²) in [5.74, 6) is 0.0577. The van der Waals surface area contributed by atoms with Crippen LogP contribution in [-0.2, 0) is 9.53 Å². The van der Waals surface area contributed by atoms with Crippen LogP contribution in [-0.4, -0.2) is 30.4 Å². The van der Waals surface area contributed by atoms with Crippen LogP contribution in [0.2, 0.25) is 5.02 Å². The molecule has 22 heavy (non-hydrogen) atoms. The summed E-state index contributed by atoms with van der Waals surface area (Å²) in [6.45, 7) is 3.80. The Morgan fingerprint density at radius 3 is 2.68 bits per heavy atom. The SMILES string of the molecule is CCOC(=O)C1=C(CSc2ccc(Cl)cc2)NC(=O)N[C@@H]1C. The van der Waals surface area contributed by atoms with Crippen LogP contribution in [0.4, 0.5) is 4.79 Å². The predicted octanol–water partition coefficient (Wildman–Crippen LogP) is 2.95. The van der Waals surface area contributed by atoms with E-state index in [-0.39, 0.29) is 12.1 Å². The number of esters is 1. The average molecular weight is 341 g/mol. The standard InChI is InChI=1S/C15H17ClN2O3S/c1-3-21-14(19)13-9(2)17-15(20)18-12(13)8-22-11-6-4-10(16)5-7-11/h4-7,9H,3,8H2,1-2H3,(H2,17,18,20)/t9-/m1/s1. The molecule has 2 rings (SSSR count). The number of urea groups is 1. The maximum absolute atomic E-state index is 12.1. The summed E-state index contributed by atoms with van der Waals surface area (Å²) < 4.78 is 5.07. The molecule has 2 amide bonds. The molecule has 0 aliphatic carbocycles. The quantitative estimate of drug-likeness (QED) is 0.639. The molecule has 0 radical (unpaired) electrons. The van der Waals surface area contributed by atoms with Crippen molar-refractivity contribution in [3.63, 3.8) is 0 Å². The molecule has 0 aromatic heterocycles. The van der Waals surface area contributed by atoms with Crippen molar-refractivity contribution in [3.05, 3.63) is 40.6 Å². The van der Waals surface area contributed by atoms with E-state index in [4.69, 9.17) is 16.3 Å². The van der Waals surface area contributed by atoms with Crippen molar-refractivity contribution in [1.82, 2.24) is 10.6 Å². The highest BCUT2D eigenvalue weighted by Crippen LogP contribution is 2.25. The van der Waals surface area contributed by atoms with E-state index in [0.717, 1.165) is 4.90 Å². The van der Waals surface area contributed by atoms with E-state index in [1.807, 2.05) is 12.1 Å². The normalized spacial score (nSPS) is 17.8. The van der Waals surface area contributed by atoms with Gasteiger partial charge in [-0.15, -0.1) is 11.8 Å². The third-order valence-electron chi connectivity index (χ3n) is 3.06. The molecule has 118 valence electrons. The van der Waals surface area contributed by atoms with Crippen molar-refractivity contribution in [2.75, 3.05) is 12.4 Å². The van der Waals surface area contributed by atoms with Crippen LogP contribution < -0.4 is 10.6 Å². The lowest BCUT2D eigenvalue weighted by molar-refractivity contribution is -0.138.